The van der Waals surface area contributed by atoms with Gasteiger partial charge in [0.25, 0.3) is 0 Å². The maximum atomic E-state index is 3.52. The fourth-order valence-electron chi connectivity index (χ4n) is 2.03. The molecular formula is C16H26N2. The number of rotatable bonds is 5. The molecule has 1 aromatic rings. The Morgan fingerprint density at radius 2 is 1.78 bits per heavy atom. The van der Waals surface area contributed by atoms with Crippen molar-refractivity contribution >= 4 is 5.69 Å². The number of benzene rings is 1. The lowest BCUT2D eigenvalue weighted by Crippen LogP contribution is -2.35. The highest BCUT2D eigenvalue weighted by atomic mass is 15.1. The molecule has 0 saturated heterocycles. The van der Waals surface area contributed by atoms with Crippen LogP contribution in [0.25, 0.3) is 0 Å². The first kappa shape index (κ1) is 13.4. The number of hydrogen-bond acceptors (Lipinski definition) is 2. The fraction of sp³-hybridized carbons (Fsp3) is 0.625. The maximum absolute atomic E-state index is 3.52. The minimum atomic E-state index is 0.182. The molecule has 18 heavy (non-hydrogen) atoms. The predicted octanol–water partition coefficient (Wildman–Crippen LogP) is 3.42. The second-order valence-electron chi connectivity index (χ2n) is 6.59. The molecule has 100 valence electrons. The van der Waals surface area contributed by atoms with E-state index in [0.717, 1.165) is 12.5 Å². The highest BCUT2D eigenvalue weighted by molar-refractivity contribution is 5.47. The molecule has 2 heteroatoms. The van der Waals surface area contributed by atoms with Crippen molar-refractivity contribution in [3.8, 4) is 0 Å². The van der Waals surface area contributed by atoms with Crippen LogP contribution in [-0.2, 0) is 6.54 Å². The zero-order chi connectivity index (χ0) is 13.2. The molecule has 1 aliphatic carbocycles. The van der Waals surface area contributed by atoms with Crippen LogP contribution < -0.4 is 10.2 Å². The van der Waals surface area contributed by atoms with Crippen LogP contribution in [0, 0.1) is 5.92 Å². The molecule has 0 unspecified atom stereocenters. The van der Waals surface area contributed by atoms with E-state index in [4.69, 9.17) is 0 Å². The predicted molar refractivity (Wildman–Crippen MR) is 79.0 cm³/mol. The van der Waals surface area contributed by atoms with E-state index in [-0.39, 0.29) is 5.54 Å². The van der Waals surface area contributed by atoms with E-state index >= 15 is 0 Å². The third kappa shape index (κ3) is 4.34. The topological polar surface area (TPSA) is 15.3 Å². The van der Waals surface area contributed by atoms with E-state index < -0.39 is 0 Å². The molecule has 0 radical (unpaired) electrons. The summed E-state index contributed by atoms with van der Waals surface area (Å²) in [6.45, 7) is 8.75. The van der Waals surface area contributed by atoms with Gasteiger partial charge in [0, 0.05) is 31.4 Å². The quantitative estimate of drug-likeness (QED) is 0.856. The SMILES string of the molecule is CN(CC1CC1)c1ccc(CNC(C)(C)C)cc1. The van der Waals surface area contributed by atoms with Crippen LogP contribution in [0.4, 0.5) is 5.69 Å². The van der Waals surface area contributed by atoms with Crippen molar-refractivity contribution in [2.24, 2.45) is 5.92 Å². The van der Waals surface area contributed by atoms with Gasteiger partial charge in [0.2, 0.25) is 0 Å². The molecule has 1 fully saturated rings. The lowest BCUT2D eigenvalue weighted by Gasteiger charge is -2.22. The normalized spacial score (nSPS) is 15.8. The largest absolute Gasteiger partial charge is 0.374 e. The fourth-order valence-corrected chi connectivity index (χ4v) is 2.03. The Morgan fingerprint density at radius 1 is 1.17 bits per heavy atom. The molecule has 0 atom stereocenters. The van der Waals surface area contributed by atoms with Crippen LogP contribution in [0.2, 0.25) is 0 Å². The molecule has 1 aliphatic rings. The first-order valence-corrected chi connectivity index (χ1v) is 6.99. The third-order valence-electron chi connectivity index (χ3n) is 3.43. The molecule has 0 aliphatic heterocycles. The summed E-state index contributed by atoms with van der Waals surface area (Å²) < 4.78 is 0. The number of anilines is 1. The van der Waals surface area contributed by atoms with Crippen molar-refractivity contribution in [2.45, 2.75) is 45.7 Å². The summed E-state index contributed by atoms with van der Waals surface area (Å²) in [6, 6.07) is 8.94. The number of hydrogen-bond donors (Lipinski definition) is 1. The van der Waals surface area contributed by atoms with Gasteiger partial charge in [-0.15, -0.1) is 0 Å². The lowest BCUT2D eigenvalue weighted by molar-refractivity contribution is 0.424. The Morgan fingerprint density at radius 3 is 2.28 bits per heavy atom. The molecule has 0 bridgehead atoms. The van der Waals surface area contributed by atoms with Gasteiger partial charge in [0.1, 0.15) is 0 Å². The van der Waals surface area contributed by atoms with Crippen molar-refractivity contribution in [2.75, 3.05) is 18.5 Å². The van der Waals surface area contributed by atoms with E-state index in [9.17, 15) is 0 Å². The first-order valence-electron chi connectivity index (χ1n) is 6.99. The van der Waals surface area contributed by atoms with Crippen molar-refractivity contribution in [1.29, 1.82) is 0 Å². The Balaban J connectivity index is 1.88. The summed E-state index contributed by atoms with van der Waals surface area (Å²) in [6.07, 6.45) is 2.83. The van der Waals surface area contributed by atoms with Crippen LogP contribution in [0.5, 0.6) is 0 Å². The monoisotopic (exact) mass is 246 g/mol. The molecule has 1 aromatic carbocycles. The highest BCUT2D eigenvalue weighted by Gasteiger charge is 2.22. The van der Waals surface area contributed by atoms with Gasteiger partial charge < -0.3 is 10.2 Å². The van der Waals surface area contributed by atoms with E-state index in [1.54, 1.807) is 0 Å². The van der Waals surface area contributed by atoms with Gasteiger partial charge in [-0.25, -0.2) is 0 Å². The Hall–Kier alpha value is -1.02. The van der Waals surface area contributed by atoms with E-state index in [2.05, 4.69) is 62.3 Å². The van der Waals surface area contributed by atoms with Crippen LogP contribution in [0.15, 0.2) is 24.3 Å². The van der Waals surface area contributed by atoms with E-state index in [1.165, 1.54) is 30.6 Å². The van der Waals surface area contributed by atoms with Gasteiger partial charge in [-0.2, -0.15) is 0 Å². The standard InChI is InChI=1S/C16H26N2/c1-16(2,3)17-11-13-7-9-15(10-8-13)18(4)12-14-5-6-14/h7-10,14,17H,5-6,11-12H2,1-4H3. The van der Waals surface area contributed by atoms with Crippen LogP contribution in [0.3, 0.4) is 0 Å². The highest BCUT2D eigenvalue weighted by Crippen LogP contribution is 2.30. The second kappa shape index (κ2) is 5.31. The first-order chi connectivity index (χ1) is 8.44. The van der Waals surface area contributed by atoms with E-state index in [1.807, 2.05) is 0 Å². The van der Waals surface area contributed by atoms with Crippen molar-refractivity contribution in [3.63, 3.8) is 0 Å². The van der Waals surface area contributed by atoms with Crippen LogP contribution in [0.1, 0.15) is 39.2 Å². The molecular weight excluding hydrogens is 220 g/mol. The molecule has 0 spiro atoms. The smallest absolute Gasteiger partial charge is 0.0363 e. The summed E-state index contributed by atoms with van der Waals surface area (Å²) in [5.74, 6) is 0.942. The van der Waals surface area contributed by atoms with Gasteiger partial charge >= 0.3 is 0 Å². The summed E-state index contributed by atoms with van der Waals surface area (Å²) in [5, 5.41) is 3.52. The second-order valence-corrected chi connectivity index (χ2v) is 6.59. The number of nitrogens with one attached hydrogen (secondary N) is 1. The summed E-state index contributed by atoms with van der Waals surface area (Å²) >= 11 is 0. The van der Waals surface area contributed by atoms with Gasteiger partial charge in [-0.1, -0.05) is 12.1 Å². The summed E-state index contributed by atoms with van der Waals surface area (Å²) in [4.78, 5) is 2.37. The van der Waals surface area contributed by atoms with Gasteiger partial charge in [0.15, 0.2) is 0 Å². The van der Waals surface area contributed by atoms with Gasteiger partial charge in [-0.05, 0) is 57.2 Å². The summed E-state index contributed by atoms with van der Waals surface area (Å²) in [7, 11) is 2.20. The third-order valence-corrected chi connectivity index (χ3v) is 3.43. The average Bonchev–Trinajstić information content (AvgIpc) is 3.10. The van der Waals surface area contributed by atoms with Crippen LogP contribution >= 0.6 is 0 Å². The molecule has 1 N–H and O–H groups in total. The van der Waals surface area contributed by atoms with Crippen molar-refractivity contribution in [1.82, 2.24) is 5.32 Å². The van der Waals surface area contributed by atoms with Crippen molar-refractivity contribution in [3.05, 3.63) is 29.8 Å². The molecule has 0 amide bonds. The Bertz CT molecular complexity index is 371. The Labute approximate surface area is 111 Å². The van der Waals surface area contributed by atoms with E-state index in [0.29, 0.717) is 0 Å². The Kier molecular flexibility index (Phi) is 3.96. The lowest BCUT2D eigenvalue weighted by atomic mass is 10.1. The molecule has 2 nitrogen and oxygen atoms in total. The molecule has 2 rings (SSSR count). The number of nitrogens with zero attached hydrogens (tertiary/aromatic N) is 1. The average molecular weight is 246 g/mol. The minimum absolute atomic E-state index is 0.182. The minimum Gasteiger partial charge on any atom is -0.374 e. The zero-order valence-electron chi connectivity index (χ0n) is 12.2. The van der Waals surface area contributed by atoms with Gasteiger partial charge in [0.05, 0.1) is 0 Å². The molecule has 1 saturated carbocycles. The summed E-state index contributed by atoms with van der Waals surface area (Å²) in [5.41, 5.74) is 2.87. The van der Waals surface area contributed by atoms with Crippen molar-refractivity contribution < 1.29 is 0 Å². The maximum Gasteiger partial charge on any atom is 0.0363 e. The zero-order valence-corrected chi connectivity index (χ0v) is 12.2. The van der Waals surface area contributed by atoms with Crippen LogP contribution in [-0.4, -0.2) is 19.1 Å². The molecule has 0 heterocycles. The van der Waals surface area contributed by atoms with Gasteiger partial charge in [-0.3, -0.25) is 0 Å². The molecule has 0 aromatic heterocycles.